The van der Waals surface area contributed by atoms with Crippen molar-refractivity contribution in [2.45, 2.75) is 38.9 Å². The van der Waals surface area contributed by atoms with E-state index < -0.39 is 12.1 Å². The Morgan fingerprint density at radius 1 is 1.05 bits per heavy atom. The lowest BCUT2D eigenvalue weighted by Gasteiger charge is -2.34. The van der Waals surface area contributed by atoms with Crippen LogP contribution < -0.4 is 10.2 Å². The minimum atomic E-state index is -4.12. The maximum atomic E-state index is 13.0. The van der Waals surface area contributed by atoms with Gasteiger partial charge in [0.15, 0.2) is 0 Å². The van der Waals surface area contributed by atoms with Crippen LogP contribution in [0.3, 0.4) is 0 Å². The average Bonchev–Trinajstić information content (AvgIpc) is 3.29. The molecule has 2 heterocycles. The molecule has 2 aliphatic rings. The quantitative estimate of drug-likeness (QED) is 0.501. The highest BCUT2D eigenvalue weighted by Gasteiger charge is 2.41. The number of anilines is 3. The van der Waals surface area contributed by atoms with Crippen molar-refractivity contribution in [3.8, 4) is 0 Å². The summed E-state index contributed by atoms with van der Waals surface area (Å²) in [4.78, 5) is 30.4. The van der Waals surface area contributed by atoms with Gasteiger partial charge in [-0.15, -0.1) is 0 Å². The molecule has 7 nitrogen and oxygen atoms in total. The van der Waals surface area contributed by atoms with Crippen LogP contribution in [-0.4, -0.2) is 72.2 Å². The second kappa shape index (κ2) is 12.1. The second-order valence-electron chi connectivity index (χ2n) is 9.99. The van der Waals surface area contributed by atoms with Crippen LogP contribution in [0.1, 0.15) is 31.7 Å². The normalized spacial score (nSPS) is 18.7. The van der Waals surface area contributed by atoms with E-state index >= 15 is 0 Å². The van der Waals surface area contributed by atoms with Crippen LogP contribution in [0.15, 0.2) is 48.5 Å². The van der Waals surface area contributed by atoms with Crippen molar-refractivity contribution in [3.05, 3.63) is 54.1 Å². The fourth-order valence-electron chi connectivity index (χ4n) is 5.19. The summed E-state index contributed by atoms with van der Waals surface area (Å²) in [5.41, 5.74) is 3.53. The molecule has 0 aliphatic carbocycles. The number of halogens is 3. The summed E-state index contributed by atoms with van der Waals surface area (Å²) in [6, 6.07) is 15.3. The number of rotatable bonds is 9. The number of nitrogens with zero attached hydrogens (tertiary/aromatic N) is 3. The van der Waals surface area contributed by atoms with Gasteiger partial charge in [-0.3, -0.25) is 9.59 Å². The molecule has 1 atom stereocenters. The first-order valence-corrected chi connectivity index (χ1v) is 13.1. The van der Waals surface area contributed by atoms with Gasteiger partial charge in [0.25, 0.3) is 0 Å². The van der Waals surface area contributed by atoms with Crippen LogP contribution in [0.2, 0.25) is 0 Å². The lowest BCUT2D eigenvalue weighted by atomic mass is 9.96. The zero-order valence-electron chi connectivity index (χ0n) is 21.6. The molecular formula is C28H35F3N4O3. The van der Waals surface area contributed by atoms with Crippen molar-refractivity contribution >= 4 is 28.9 Å². The number of nitrogens with one attached hydrogen (secondary N) is 1. The summed E-state index contributed by atoms with van der Waals surface area (Å²) in [7, 11) is 0. The summed E-state index contributed by atoms with van der Waals surface area (Å²) < 4.78 is 38.8. The first-order chi connectivity index (χ1) is 18.2. The second-order valence-corrected chi connectivity index (χ2v) is 9.99. The molecule has 2 amide bonds. The number of aliphatic hydroxyl groups excluding tert-OH is 1. The summed E-state index contributed by atoms with van der Waals surface area (Å²) in [6.45, 7) is 4.07. The third kappa shape index (κ3) is 6.78. The van der Waals surface area contributed by atoms with Gasteiger partial charge in [0, 0.05) is 62.8 Å². The van der Waals surface area contributed by atoms with Gasteiger partial charge in [0.05, 0.1) is 18.4 Å². The van der Waals surface area contributed by atoms with Gasteiger partial charge in [0.2, 0.25) is 11.8 Å². The number of likely N-dealkylation sites (tertiary alicyclic amines) is 1. The van der Waals surface area contributed by atoms with Crippen molar-refractivity contribution in [1.82, 2.24) is 9.80 Å². The van der Waals surface area contributed by atoms with Crippen LogP contribution in [0.5, 0.6) is 0 Å². The molecular weight excluding hydrogens is 497 g/mol. The largest absolute Gasteiger partial charge is 0.395 e. The Morgan fingerprint density at radius 3 is 2.18 bits per heavy atom. The Hall–Kier alpha value is -3.27. The molecule has 2 fully saturated rings. The Balaban J connectivity index is 1.31. The maximum Gasteiger partial charge on any atom is 0.391 e. The number of amides is 2. The molecule has 10 heteroatoms. The maximum absolute atomic E-state index is 13.0. The fraction of sp³-hybridized carbons (Fsp3) is 0.500. The van der Waals surface area contributed by atoms with Gasteiger partial charge >= 0.3 is 6.18 Å². The number of carbonyl (C=O) groups excluding carboxylic acids is 2. The van der Waals surface area contributed by atoms with E-state index in [1.54, 1.807) is 9.80 Å². The predicted molar refractivity (Wildman–Crippen MR) is 140 cm³/mol. The number of hydrogen-bond acceptors (Lipinski definition) is 5. The SMILES string of the molecule is CCN1CC(C(=O)N(CCO)Cc2ccc(Nc3ccc(N4CCC(C(F)(F)F)CC4)cc3)cc2)CC1=O. The first kappa shape index (κ1) is 27.8. The molecule has 1 unspecified atom stereocenters. The molecule has 2 N–H and O–H groups in total. The smallest absolute Gasteiger partial charge is 0.391 e. The van der Waals surface area contributed by atoms with Gasteiger partial charge in [0.1, 0.15) is 0 Å². The lowest BCUT2D eigenvalue weighted by Crippen LogP contribution is -2.38. The number of aliphatic hydroxyl groups is 1. The van der Waals surface area contributed by atoms with E-state index in [1.807, 2.05) is 60.4 Å². The van der Waals surface area contributed by atoms with Crippen molar-refractivity contribution in [2.24, 2.45) is 11.8 Å². The molecule has 0 bridgehead atoms. The van der Waals surface area contributed by atoms with E-state index in [0.717, 1.165) is 22.6 Å². The van der Waals surface area contributed by atoms with Crippen LogP contribution >= 0.6 is 0 Å². The van der Waals surface area contributed by atoms with Crippen molar-refractivity contribution in [3.63, 3.8) is 0 Å². The van der Waals surface area contributed by atoms with Gasteiger partial charge in [-0.2, -0.15) is 13.2 Å². The molecule has 206 valence electrons. The van der Waals surface area contributed by atoms with E-state index in [4.69, 9.17) is 0 Å². The highest BCUT2D eigenvalue weighted by Crippen LogP contribution is 2.35. The third-order valence-electron chi connectivity index (χ3n) is 7.43. The Labute approximate surface area is 221 Å². The van der Waals surface area contributed by atoms with Gasteiger partial charge in [-0.25, -0.2) is 0 Å². The summed E-state index contributed by atoms with van der Waals surface area (Å²) in [5.74, 6) is -1.72. The number of piperidine rings is 1. The molecule has 2 aromatic rings. The van der Waals surface area contributed by atoms with Crippen LogP contribution in [-0.2, 0) is 16.1 Å². The zero-order valence-corrected chi connectivity index (χ0v) is 21.6. The number of alkyl halides is 3. The molecule has 2 aromatic carbocycles. The molecule has 0 spiro atoms. The first-order valence-electron chi connectivity index (χ1n) is 13.1. The highest BCUT2D eigenvalue weighted by molar-refractivity contribution is 5.89. The fourth-order valence-corrected chi connectivity index (χ4v) is 5.19. The minimum absolute atomic E-state index is 0.00993. The summed E-state index contributed by atoms with van der Waals surface area (Å²) in [6.07, 6.45) is -3.67. The summed E-state index contributed by atoms with van der Waals surface area (Å²) in [5, 5.41) is 12.8. The topological polar surface area (TPSA) is 76.1 Å². The van der Waals surface area contributed by atoms with E-state index in [0.29, 0.717) is 32.7 Å². The zero-order chi connectivity index (χ0) is 27.3. The lowest BCUT2D eigenvalue weighted by molar-refractivity contribution is -0.179. The molecule has 2 saturated heterocycles. The van der Waals surface area contributed by atoms with Gasteiger partial charge in [-0.1, -0.05) is 12.1 Å². The van der Waals surface area contributed by atoms with E-state index in [-0.39, 0.29) is 50.1 Å². The molecule has 2 aliphatic heterocycles. The monoisotopic (exact) mass is 532 g/mol. The third-order valence-corrected chi connectivity index (χ3v) is 7.43. The predicted octanol–water partition coefficient (Wildman–Crippen LogP) is 4.40. The standard InChI is InChI=1S/C28H35F3N4O3/c1-2-33-19-21(17-26(33)37)27(38)35(15-16-36)18-20-3-5-23(6-4-20)32-24-7-9-25(10-8-24)34-13-11-22(12-14-34)28(29,30)31/h3-10,21-22,32,36H,2,11-19H2,1H3. The molecule has 38 heavy (non-hydrogen) atoms. The van der Waals surface area contributed by atoms with Crippen LogP contribution in [0.4, 0.5) is 30.2 Å². The Kier molecular flexibility index (Phi) is 8.81. The molecule has 0 radical (unpaired) electrons. The molecule has 0 saturated carbocycles. The van der Waals surface area contributed by atoms with Crippen molar-refractivity contribution in [1.29, 1.82) is 0 Å². The highest BCUT2D eigenvalue weighted by atomic mass is 19.4. The molecule has 0 aromatic heterocycles. The van der Waals surface area contributed by atoms with Gasteiger partial charge < -0.3 is 25.1 Å². The Bertz CT molecular complexity index is 1080. The van der Waals surface area contributed by atoms with E-state index in [1.165, 1.54) is 0 Å². The number of hydrogen-bond donors (Lipinski definition) is 2. The van der Waals surface area contributed by atoms with Crippen molar-refractivity contribution in [2.75, 3.05) is 49.5 Å². The van der Waals surface area contributed by atoms with Crippen LogP contribution in [0.25, 0.3) is 0 Å². The Morgan fingerprint density at radius 2 is 1.66 bits per heavy atom. The van der Waals surface area contributed by atoms with Gasteiger partial charge in [-0.05, 0) is 61.7 Å². The van der Waals surface area contributed by atoms with Crippen LogP contribution in [0, 0.1) is 11.8 Å². The number of benzene rings is 2. The van der Waals surface area contributed by atoms with E-state index in [9.17, 15) is 27.9 Å². The number of carbonyl (C=O) groups is 2. The van der Waals surface area contributed by atoms with E-state index in [2.05, 4.69) is 5.32 Å². The average molecular weight is 533 g/mol. The van der Waals surface area contributed by atoms with Crippen molar-refractivity contribution < 1.29 is 27.9 Å². The minimum Gasteiger partial charge on any atom is -0.395 e. The molecule has 4 rings (SSSR count). The summed E-state index contributed by atoms with van der Waals surface area (Å²) >= 11 is 0.